The number of benzene rings is 2. The zero-order chi connectivity index (χ0) is 19.8. The van der Waals surface area contributed by atoms with Crippen LogP contribution in [0, 0.1) is 6.92 Å². The minimum atomic E-state index is -3.78. The van der Waals surface area contributed by atoms with Crippen molar-refractivity contribution < 1.29 is 18.0 Å². The van der Waals surface area contributed by atoms with Gasteiger partial charge in [-0.3, -0.25) is 9.59 Å². The standard InChI is InChI=1S/C19H19N3O4S/c1-11(13-7-9-14(10-8-13)27(20,25)26)22-19(24)18(23)17-12(2)21-16-6-4-3-5-15(16)17/h3-11,21H,1-2H3,(H,22,24)(H2,20,25,26). The van der Waals surface area contributed by atoms with Crippen molar-refractivity contribution in [1.82, 2.24) is 10.3 Å². The number of carbonyl (C=O) groups excluding carboxylic acids is 2. The lowest BCUT2D eigenvalue weighted by Gasteiger charge is -2.14. The van der Waals surface area contributed by atoms with Crippen molar-refractivity contribution in [2.24, 2.45) is 5.14 Å². The molecule has 0 saturated heterocycles. The minimum absolute atomic E-state index is 0.0183. The van der Waals surface area contributed by atoms with Crippen molar-refractivity contribution in [1.29, 1.82) is 0 Å². The van der Waals surface area contributed by atoms with E-state index in [0.717, 1.165) is 5.52 Å². The molecule has 1 heterocycles. The van der Waals surface area contributed by atoms with Crippen LogP contribution < -0.4 is 10.5 Å². The molecule has 0 aliphatic rings. The maximum absolute atomic E-state index is 12.7. The fourth-order valence-corrected chi connectivity index (χ4v) is 3.49. The number of fused-ring (bicyclic) bond motifs is 1. The highest BCUT2D eigenvalue weighted by molar-refractivity contribution is 7.89. The number of sulfonamides is 1. The number of primary sulfonamides is 1. The Morgan fingerprint density at radius 1 is 1.07 bits per heavy atom. The van der Waals surface area contributed by atoms with Gasteiger partial charge in [-0.1, -0.05) is 30.3 Å². The molecule has 0 aliphatic carbocycles. The topological polar surface area (TPSA) is 122 Å². The van der Waals surface area contributed by atoms with Gasteiger partial charge in [0.15, 0.2) is 0 Å². The first-order chi connectivity index (χ1) is 12.7. The van der Waals surface area contributed by atoms with Gasteiger partial charge in [-0.2, -0.15) is 0 Å². The van der Waals surface area contributed by atoms with Gasteiger partial charge in [0.1, 0.15) is 0 Å². The van der Waals surface area contributed by atoms with Gasteiger partial charge in [-0.15, -0.1) is 0 Å². The lowest BCUT2D eigenvalue weighted by atomic mass is 10.0. The van der Waals surface area contributed by atoms with E-state index in [-0.39, 0.29) is 4.90 Å². The van der Waals surface area contributed by atoms with E-state index in [1.165, 1.54) is 12.1 Å². The molecule has 1 unspecified atom stereocenters. The Bertz CT molecular complexity index is 1130. The summed E-state index contributed by atoms with van der Waals surface area (Å²) >= 11 is 0. The van der Waals surface area contributed by atoms with Gasteiger partial charge in [0, 0.05) is 16.6 Å². The number of ketones is 1. The van der Waals surface area contributed by atoms with E-state index < -0.39 is 27.8 Å². The number of nitrogens with two attached hydrogens (primary N) is 1. The van der Waals surface area contributed by atoms with Crippen LogP contribution >= 0.6 is 0 Å². The molecule has 3 aromatic rings. The monoisotopic (exact) mass is 385 g/mol. The molecule has 0 aliphatic heterocycles. The number of amides is 1. The largest absolute Gasteiger partial charge is 0.358 e. The SMILES string of the molecule is Cc1[nH]c2ccccc2c1C(=O)C(=O)NC(C)c1ccc(S(N)(=O)=O)cc1. The van der Waals surface area contributed by atoms with Crippen LogP contribution in [-0.2, 0) is 14.8 Å². The number of hydrogen-bond donors (Lipinski definition) is 3. The van der Waals surface area contributed by atoms with E-state index >= 15 is 0 Å². The summed E-state index contributed by atoms with van der Waals surface area (Å²) in [5.41, 5.74) is 2.42. The molecule has 8 heteroatoms. The highest BCUT2D eigenvalue weighted by Crippen LogP contribution is 2.23. The summed E-state index contributed by atoms with van der Waals surface area (Å²) in [6.45, 7) is 3.45. The Morgan fingerprint density at radius 3 is 2.33 bits per heavy atom. The Balaban J connectivity index is 1.80. The maximum atomic E-state index is 12.7. The van der Waals surface area contributed by atoms with Gasteiger partial charge in [-0.05, 0) is 37.6 Å². The van der Waals surface area contributed by atoms with Crippen LogP contribution in [0.15, 0.2) is 53.4 Å². The molecule has 2 aromatic carbocycles. The number of nitrogens with one attached hydrogen (secondary N) is 2. The molecule has 140 valence electrons. The van der Waals surface area contributed by atoms with Gasteiger partial charge in [-0.25, -0.2) is 13.6 Å². The number of aromatic amines is 1. The Hall–Kier alpha value is -2.97. The van der Waals surface area contributed by atoms with Gasteiger partial charge in [0.2, 0.25) is 10.0 Å². The van der Waals surface area contributed by atoms with Crippen LogP contribution in [0.2, 0.25) is 0 Å². The van der Waals surface area contributed by atoms with E-state index in [1.54, 1.807) is 38.1 Å². The second-order valence-electron chi connectivity index (χ2n) is 6.31. The van der Waals surface area contributed by atoms with Crippen molar-refractivity contribution in [2.45, 2.75) is 24.8 Å². The van der Waals surface area contributed by atoms with Gasteiger partial charge < -0.3 is 10.3 Å². The number of rotatable bonds is 5. The van der Waals surface area contributed by atoms with E-state index in [0.29, 0.717) is 22.2 Å². The van der Waals surface area contributed by atoms with Crippen LogP contribution in [0.3, 0.4) is 0 Å². The molecule has 4 N–H and O–H groups in total. The average Bonchev–Trinajstić information content (AvgIpc) is 2.96. The third-order valence-corrected chi connectivity index (χ3v) is 5.31. The normalized spacial score (nSPS) is 12.7. The van der Waals surface area contributed by atoms with Crippen LogP contribution in [0.1, 0.15) is 34.6 Å². The summed E-state index contributed by atoms with van der Waals surface area (Å²) < 4.78 is 22.6. The number of H-pyrrole nitrogens is 1. The van der Waals surface area contributed by atoms with E-state index in [4.69, 9.17) is 5.14 Å². The van der Waals surface area contributed by atoms with E-state index in [2.05, 4.69) is 10.3 Å². The Morgan fingerprint density at radius 2 is 1.70 bits per heavy atom. The van der Waals surface area contributed by atoms with Gasteiger partial charge in [0.25, 0.3) is 11.7 Å². The highest BCUT2D eigenvalue weighted by Gasteiger charge is 2.24. The first-order valence-corrected chi connectivity index (χ1v) is 9.78. The summed E-state index contributed by atoms with van der Waals surface area (Å²) in [6, 6.07) is 12.6. The smallest absolute Gasteiger partial charge is 0.292 e. The first-order valence-electron chi connectivity index (χ1n) is 8.23. The van der Waals surface area contributed by atoms with Crippen molar-refractivity contribution in [3.63, 3.8) is 0 Å². The zero-order valence-electron chi connectivity index (χ0n) is 14.8. The molecule has 0 saturated carbocycles. The zero-order valence-corrected chi connectivity index (χ0v) is 15.6. The second kappa shape index (κ2) is 6.98. The molecule has 0 radical (unpaired) electrons. The predicted molar refractivity (Wildman–Crippen MR) is 102 cm³/mol. The van der Waals surface area contributed by atoms with Gasteiger partial charge >= 0.3 is 0 Å². The average molecular weight is 385 g/mol. The molecule has 7 nitrogen and oxygen atoms in total. The number of Topliss-reactive ketones (excluding diaryl/α,β-unsaturated/α-hetero) is 1. The predicted octanol–water partition coefficient (Wildman–Crippen LogP) is 2.18. The summed E-state index contributed by atoms with van der Waals surface area (Å²) in [6.07, 6.45) is 0. The number of para-hydroxylation sites is 1. The quantitative estimate of drug-likeness (QED) is 0.460. The van der Waals surface area contributed by atoms with E-state index in [1.807, 2.05) is 12.1 Å². The van der Waals surface area contributed by atoms with Gasteiger partial charge in [0.05, 0.1) is 16.5 Å². The molecule has 0 bridgehead atoms. The fraction of sp³-hybridized carbons (Fsp3) is 0.158. The van der Waals surface area contributed by atoms with Crippen LogP contribution in [0.5, 0.6) is 0 Å². The summed E-state index contributed by atoms with van der Waals surface area (Å²) in [5, 5.41) is 8.42. The van der Waals surface area contributed by atoms with Crippen molar-refractivity contribution in [3.05, 3.63) is 65.4 Å². The summed E-state index contributed by atoms with van der Waals surface area (Å²) in [4.78, 5) is 28.2. The molecule has 1 atom stereocenters. The maximum Gasteiger partial charge on any atom is 0.292 e. The molecule has 27 heavy (non-hydrogen) atoms. The van der Waals surface area contributed by atoms with Crippen molar-refractivity contribution in [3.8, 4) is 0 Å². The molecule has 3 rings (SSSR count). The summed E-state index contributed by atoms with van der Waals surface area (Å²) in [7, 11) is -3.78. The van der Waals surface area contributed by atoms with Crippen molar-refractivity contribution >= 4 is 32.6 Å². The first kappa shape index (κ1) is 18.8. The Kier molecular flexibility index (Phi) is 4.86. The van der Waals surface area contributed by atoms with E-state index in [9.17, 15) is 18.0 Å². The number of aromatic nitrogens is 1. The second-order valence-corrected chi connectivity index (χ2v) is 7.87. The summed E-state index contributed by atoms with van der Waals surface area (Å²) in [5.74, 6) is -1.36. The molecular formula is C19H19N3O4S. The minimum Gasteiger partial charge on any atom is -0.358 e. The van der Waals surface area contributed by atoms with Crippen molar-refractivity contribution in [2.75, 3.05) is 0 Å². The molecule has 0 fully saturated rings. The molecule has 0 spiro atoms. The Labute approximate surface area is 156 Å². The number of carbonyl (C=O) groups is 2. The van der Waals surface area contributed by atoms with Crippen LogP contribution in [-0.4, -0.2) is 25.1 Å². The third-order valence-electron chi connectivity index (χ3n) is 4.38. The number of hydrogen-bond acceptors (Lipinski definition) is 4. The molecule has 1 amide bonds. The lowest BCUT2D eigenvalue weighted by Crippen LogP contribution is -2.33. The lowest BCUT2D eigenvalue weighted by molar-refractivity contribution is -0.117. The molecule has 1 aromatic heterocycles. The van der Waals surface area contributed by atoms with Crippen LogP contribution in [0.25, 0.3) is 10.9 Å². The highest BCUT2D eigenvalue weighted by atomic mass is 32.2. The number of aryl methyl sites for hydroxylation is 1. The van der Waals surface area contributed by atoms with Crippen LogP contribution in [0.4, 0.5) is 0 Å². The molecular weight excluding hydrogens is 366 g/mol. The third kappa shape index (κ3) is 3.76. The fourth-order valence-electron chi connectivity index (χ4n) is 2.97.